The molecular formula is C17H30N4OS. The summed E-state index contributed by atoms with van der Waals surface area (Å²) in [5, 5.41) is 3.22. The molecule has 0 radical (unpaired) electrons. The molecule has 0 amide bonds. The fraction of sp³-hybridized carbons (Fsp3) is 0.706. The first kappa shape index (κ1) is 18.2. The largest absolute Gasteiger partial charge is 0.379 e. The molecule has 1 atom stereocenters. The summed E-state index contributed by atoms with van der Waals surface area (Å²) in [6, 6.07) is 4.70. The van der Waals surface area contributed by atoms with Crippen molar-refractivity contribution >= 4 is 17.3 Å². The third-order valence-corrected chi connectivity index (χ3v) is 5.14. The monoisotopic (exact) mass is 338 g/mol. The standard InChI is InChI=1S/C17H30N4OS/c1-13(2)6-7-19-17(18)20-12-15(16-5-4-14(3)23-16)21-8-10-22-11-9-21/h4-5,13,15H,6-12H2,1-3H3,(H3,18,19,20). The number of hydrogen-bond donors (Lipinski definition) is 2. The Bertz CT molecular complexity index is 495. The van der Waals surface area contributed by atoms with E-state index in [-0.39, 0.29) is 0 Å². The second-order valence-electron chi connectivity index (χ2n) is 6.45. The average molecular weight is 339 g/mol. The number of aryl methyl sites for hydroxylation is 1. The van der Waals surface area contributed by atoms with Crippen LogP contribution in [0, 0.1) is 12.8 Å². The Morgan fingerprint density at radius 3 is 2.74 bits per heavy atom. The number of nitrogens with one attached hydrogen (secondary N) is 1. The lowest BCUT2D eigenvalue weighted by molar-refractivity contribution is 0.0187. The van der Waals surface area contributed by atoms with Gasteiger partial charge in [0.2, 0.25) is 0 Å². The molecule has 0 spiro atoms. The highest BCUT2D eigenvalue weighted by Crippen LogP contribution is 2.28. The first-order valence-electron chi connectivity index (χ1n) is 8.48. The summed E-state index contributed by atoms with van der Waals surface area (Å²) < 4.78 is 5.48. The molecule has 5 nitrogen and oxygen atoms in total. The lowest BCUT2D eigenvalue weighted by Crippen LogP contribution is -2.40. The molecule has 130 valence electrons. The Morgan fingerprint density at radius 1 is 1.39 bits per heavy atom. The van der Waals surface area contributed by atoms with Crippen molar-refractivity contribution in [3.63, 3.8) is 0 Å². The van der Waals surface area contributed by atoms with Crippen LogP contribution in [0.3, 0.4) is 0 Å². The first-order chi connectivity index (χ1) is 11.1. The van der Waals surface area contributed by atoms with E-state index < -0.39 is 0 Å². The topological polar surface area (TPSA) is 62.9 Å². The maximum atomic E-state index is 6.02. The number of hydrogen-bond acceptors (Lipinski definition) is 4. The van der Waals surface area contributed by atoms with E-state index in [2.05, 4.69) is 48.1 Å². The van der Waals surface area contributed by atoms with Gasteiger partial charge >= 0.3 is 0 Å². The molecule has 0 saturated carbocycles. The zero-order valence-electron chi connectivity index (χ0n) is 14.5. The summed E-state index contributed by atoms with van der Waals surface area (Å²) in [5.41, 5.74) is 6.02. The predicted molar refractivity (Wildman–Crippen MR) is 98.1 cm³/mol. The molecular weight excluding hydrogens is 308 g/mol. The van der Waals surface area contributed by atoms with E-state index in [1.54, 1.807) is 0 Å². The number of rotatable bonds is 7. The van der Waals surface area contributed by atoms with E-state index in [0.29, 0.717) is 24.5 Å². The van der Waals surface area contributed by atoms with Gasteiger partial charge in [-0.25, -0.2) is 0 Å². The Balaban J connectivity index is 1.96. The molecule has 3 N–H and O–H groups in total. The highest BCUT2D eigenvalue weighted by Gasteiger charge is 2.23. The summed E-state index contributed by atoms with van der Waals surface area (Å²) >= 11 is 1.85. The van der Waals surface area contributed by atoms with Crippen LogP contribution in [0.25, 0.3) is 0 Å². The molecule has 2 rings (SSSR count). The van der Waals surface area contributed by atoms with Gasteiger partial charge in [0, 0.05) is 29.4 Å². The van der Waals surface area contributed by atoms with E-state index in [9.17, 15) is 0 Å². The van der Waals surface area contributed by atoms with Gasteiger partial charge in [-0.15, -0.1) is 11.3 Å². The van der Waals surface area contributed by atoms with Gasteiger partial charge in [0.05, 0.1) is 25.8 Å². The van der Waals surface area contributed by atoms with Gasteiger partial charge in [0.25, 0.3) is 0 Å². The van der Waals surface area contributed by atoms with E-state index in [0.717, 1.165) is 39.3 Å². The van der Waals surface area contributed by atoms with Crippen molar-refractivity contribution < 1.29 is 4.74 Å². The maximum absolute atomic E-state index is 6.02. The van der Waals surface area contributed by atoms with E-state index in [1.807, 2.05) is 11.3 Å². The summed E-state index contributed by atoms with van der Waals surface area (Å²) in [5.74, 6) is 1.22. The highest BCUT2D eigenvalue weighted by atomic mass is 32.1. The molecule has 6 heteroatoms. The molecule has 1 saturated heterocycles. The van der Waals surface area contributed by atoms with E-state index in [4.69, 9.17) is 10.5 Å². The van der Waals surface area contributed by atoms with Gasteiger partial charge in [-0.2, -0.15) is 0 Å². The van der Waals surface area contributed by atoms with Gasteiger partial charge in [-0.3, -0.25) is 9.89 Å². The number of aliphatic imine (C=N–C) groups is 1. The van der Waals surface area contributed by atoms with Crippen LogP contribution in [0.2, 0.25) is 0 Å². The zero-order chi connectivity index (χ0) is 16.7. The molecule has 1 aliphatic heterocycles. The second kappa shape index (κ2) is 9.25. The molecule has 1 fully saturated rings. The van der Waals surface area contributed by atoms with Crippen LogP contribution in [0.4, 0.5) is 0 Å². The predicted octanol–water partition coefficient (Wildman–Crippen LogP) is 2.38. The summed E-state index contributed by atoms with van der Waals surface area (Å²) in [6.45, 7) is 11.7. The summed E-state index contributed by atoms with van der Waals surface area (Å²) in [6.07, 6.45) is 1.10. The number of guanidine groups is 1. The van der Waals surface area contributed by atoms with Crippen molar-refractivity contribution in [2.24, 2.45) is 16.6 Å². The zero-order valence-corrected chi connectivity index (χ0v) is 15.4. The number of nitrogens with zero attached hydrogens (tertiary/aromatic N) is 2. The minimum Gasteiger partial charge on any atom is -0.379 e. The molecule has 0 aromatic carbocycles. The third-order valence-electron chi connectivity index (χ3n) is 4.04. The fourth-order valence-electron chi connectivity index (χ4n) is 2.64. The lowest BCUT2D eigenvalue weighted by Gasteiger charge is -2.33. The maximum Gasteiger partial charge on any atom is 0.188 e. The van der Waals surface area contributed by atoms with Crippen molar-refractivity contribution in [1.82, 2.24) is 10.2 Å². The van der Waals surface area contributed by atoms with Crippen molar-refractivity contribution in [2.45, 2.75) is 33.2 Å². The smallest absolute Gasteiger partial charge is 0.188 e. The number of morpholine rings is 1. The van der Waals surface area contributed by atoms with Crippen LogP contribution in [0.1, 0.15) is 36.1 Å². The molecule has 1 aromatic rings. The van der Waals surface area contributed by atoms with Gasteiger partial charge in [-0.1, -0.05) is 13.8 Å². The van der Waals surface area contributed by atoms with Crippen LogP contribution >= 0.6 is 11.3 Å². The van der Waals surface area contributed by atoms with Crippen LogP contribution in [0.5, 0.6) is 0 Å². The summed E-state index contributed by atoms with van der Waals surface area (Å²) in [4.78, 5) is 9.75. The lowest BCUT2D eigenvalue weighted by atomic mass is 10.1. The van der Waals surface area contributed by atoms with Gasteiger partial charge in [0.15, 0.2) is 5.96 Å². The number of ether oxygens (including phenoxy) is 1. The number of nitrogens with two attached hydrogens (primary N) is 1. The van der Waals surface area contributed by atoms with Gasteiger partial charge in [-0.05, 0) is 31.4 Å². The highest BCUT2D eigenvalue weighted by molar-refractivity contribution is 7.12. The van der Waals surface area contributed by atoms with E-state index >= 15 is 0 Å². The molecule has 0 bridgehead atoms. The van der Waals surface area contributed by atoms with Crippen LogP contribution in [0.15, 0.2) is 17.1 Å². The van der Waals surface area contributed by atoms with Gasteiger partial charge < -0.3 is 15.8 Å². The van der Waals surface area contributed by atoms with Crippen LogP contribution in [-0.4, -0.2) is 50.3 Å². The van der Waals surface area contributed by atoms with Crippen LogP contribution in [-0.2, 0) is 4.74 Å². The van der Waals surface area contributed by atoms with Crippen molar-refractivity contribution in [2.75, 3.05) is 39.4 Å². The molecule has 0 aliphatic carbocycles. The van der Waals surface area contributed by atoms with Crippen molar-refractivity contribution in [1.29, 1.82) is 0 Å². The molecule has 1 aliphatic rings. The molecule has 2 heterocycles. The SMILES string of the molecule is Cc1ccc(C(CN=C(N)NCCC(C)C)N2CCOCC2)s1. The minimum atomic E-state index is 0.294. The quantitative estimate of drug-likeness (QED) is 0.592. The fourth-order valence-corrected chi connectivity index (χ4v) is 3.64. The average Bonchev–Trinajstić information content (AvgIpc) is 2.94. The third kappa shape index (κ3) is 6.12. The Hall–Kier alpha value is -1.11. The molecule has 1 aromatic heterocycles. The second-order valence-corrected chi connectivity index (χ2v) is 7.77. The Morgan fingerprint density at radius 2 is 2.13 bits per heavy atom. The van der Waals surface area contributed by atoms with Gasteiger partial charge in [0.1, 0.15) is 0 Å². The first-order valence-corrected chi connectivity index (χ1v) is 9.30. The van der Waals surface area contributed by atoms with Crippen molar-refractivity contribution in [3.8, 4) is 0 Å². The van der Waals surface area contributed by atoms with E-state index in [1.165, 1.54) is 9.75 Å². The minimum absolute atomic E-state index is 0.294. The van der Waals surface area contributed by atoms with Crippen LogP contribution < -0.4 is 11.1 Å². The normalized spacial score (nSPS) is 18.3. The Labute approximate surface area is 143 Å². The summed E-state index contributed by atoms with van der Waals surface area (Å²) in [7, 11) is 0. The number of thiophene rings is 1. The Kier molecular flexibility index (Phi) is 7.33. The molecule has 1 unspecified atom stereocenters. The van der Waals surface area contributed by atoms with Crippen molar-refractivity contribution in [3.05, 3.63) is 21.9 Å². The molecule has 23 heavy (non-hydrogen) atoms.